The van der Waals surface area contributed by atoms with Crippen LogP contribution in [0.2, 0.25) is 10.0 Å². The Morgan fingerprint density at radius 1 is 1.23 bits per heavy atom. The van der Waals surface area contributed by atoms with Gasteiger partial charge >= 0.3 is 0 Å². The molecule has 0 radical (unpaired) electrons. The van der Waals surface area contributed by atoms with E-state index in [1.807, 2.05) is 27.0 Å². The number of hydrogen-bond acceptors (Lipinski definition) is 2. The van der Waals surface area contributed by atoms with Crippen molar-refractivity contribution in [3.8, 4) is 11.3 Å². The van der Waals surface area contributed by atoms with Crippen LogP contribution in [-0.4, -0.2) is 34.7 Å². The first kappa shape index (κ1) is 16.8. The number of likely N-dealkylation sites (N-methyl/N-ethyl adjacent to an activating group) is 1. The van der Waals surface area contributed by atoms with Crippen molar-refractivity contribution in [1.82, 2.24) is 14.7 Å². The molecule has 2 aromatic rings. The topological polar surface area (TPSA) is 38.1 Å². The Balaban J connectivity index is 2.56. The maximum Gasteiger partial charge on any atom is 0.249 e. The molecule has 1 aromatic carbocycles. The predicted molar refractivity (Wildman–Crippen MR) is 90.4 cm³/mol. The van der Waals surface area contributed by atoms with Crippen molar-refractivity contribution in [3.05, 3.63) is 40.0 Å². The Morgan fingerprint density at radius 3 is 2.27 bits per heavy atom. The van der Waals surface area contributed by atoms with Gasteiger partial charge in [-0.3, -0.25) is 9.48 Å². The number of benzene rings is 1. The molecule has 1 aromatic heterocycles. The zero-order valence-electron chi connectivity index (χ0n) is 13.3. The van der Waals surface area contributed by atoms with Crippen LogP contribution in [0, 0.1) is 6.92 Å². The second kappa shape index (κ2) is 5.94. The second-order valence-electron chi connectivity index (χ2n) is 5.96. The van der Waals surface area contributed by atoms with Crippen molar-refractivity contribution in [2.24, 2.45) is 0 Å². The van der Waals surface area contributed by atoms with Crippen molar-refractivity contribution >= 4 is 29.1 Å². The number of rotatable bonds is 3. The van der Waals surface area contributed by atoms with E-state index >= 15 is 0 Å². The summed E-state index contributed by atoms with van der Waals surface area (Å²) in [6, 6.07) is 5.34. The molecule has 2 rings (SSSR count). The lowest BCUT2D eigenvalue weighted by Gasteiger charge is -2.27. The van der Waals surface area contributed by atoms with Gasteiger partial charge in [-0.25, -0.2) is 0 Å². The maximum atomic E-state index is 12.4. The van der Waals surface area contributed by atoms with E-state index in [4.69, 9.17) is 23.2 Å². The number of halogens is 2. The van der Waals surface area contributed by atoms with Gasteiger partial charge in [0.25, 0.3) is 0 Å². The molecule has 0 aliphatic rings. The molecule has 0 N–H and O–H groups in total. The number of aromatic nitrogens is 2. The predicted octanol–water partition coefficient (Wildman–Crippen LogP) is 3.99. The van der Waals surface area contributed by atoms with Gasteiger partial charge in [0.2, 0.25) is 5.91 Å². The fourth-order valence-electron chi connectivity index (χ4n) is 2.36. The lowest BCUT2D eigenvalue weighted by atomic mass is 10.0. The minimum Gasteiger partial charge on any atom is -0.347 e. The number of nitrogens with zero attached hydrogens (tertiary/aromatic N) is 3. The lowest BCUT2D eigenvalue weighted by molar-refractivity contribution is -0.137. The van der Waals surface area contributed by atoms with Crippen LogP contribution in [0.4, 0.5) is 0 Å². The van der Waals surface area contributed by atoms with Crippen molar-refractivity contribution in [3.63, 3.8) is 0 Å². The smallest absolute Gasteiger partial charge is 0.249 e. The Morgan fingerprint density at radius 2 is 1.77 bits per heavy atom. The minimum atomic E-state index is -0.791. The van der Waals surface area contributed by atoms with Crippen LogP contribution in [0.25, 0.3) is 11.3 Å². The van der Waals surface area contributed by atoms with Gasteiger partial charge in [-0.15, -0.1) is 0 Å². The molecule has 0 unspecified atom stereocenters. The van der Waals surface area contributed by atoms with E-state index in [0.29, 0.717) is 21.3 Å². The van der Waals surface area contributed by atoms with Crippen LogP contribution < -0.4 is 0 Å². The highest BCUT2D eigenvalue weighted by Gasteiger charge is 2.33. The first-order valence-electron chi connectivity index (χ1n) is 6.89. The summed E-state index contributed by atoms with van der Waals surface area (Å²) >= 11 is 12.5. The number of hydrogen-bond donors (Lipinski definition) is 0. The Hall–Kier alpha value is -1.52. The average Bonchev–Trinajstić information content (AvgIpc) is 2.80. The minimum absolute atomic E-state index is 0.0354. The van der Waals surface area contributed by atoms with E-state index in [9.17, 15) is 4.79 Å². The Kier molecular flexibility index (Phi) is 4.54. The van der Waals surface area contributed by atoms with Gasteiger partial charge < -0.3 is 4.90 Å². The van der Waals surface area contributed by atoms with Crippen molar-refractivity contribution < 1.29 is 4.79 Å². The van der Waals surface area contributed by atoms with E-state index in [1.54, 1.807) is 41.9 Å². The van der Waals surface area contributed by atoms with E-state index < -0.39 is 5.54 Å². The summed E-state index contributed by atoms with van der Waals surface area (Å²) in [6.45, 7) is 5.59. The zero-order valence-corrected chi connectivity index (χ0v) is 14.8. The summed E-state index contributed by atoms with van der Waals surface area (Å²) in [5.74, 6) is -0.0354. The highest BCUT2D eigenvalue weighted by Crippen LogP contribution is 2.36. The molecular weight excluding hydrogens is 321 g/mol. The first-order chi connectivity index (χ1) is 10.2. The summed E-state index contributed by atoms with van der Waals surface area (Å²) in [4.78, 5) is 13.9. The zero-order chi connectivity index (χ0) is 16.7. The summed E-state index contributed by atoms with van der Waals surface area (Å²) in [5, 5.41) is 5.66. The third-order valence-electron chi connectivity index (χ3n) is 3.60. The van der Waals surface area contributed by atoms with Crippen LogP contribution in [0.1, 0.15) is 19.4 Å². The number of carbonyl (C=O) groups is 1. The van der Waals surface area contributed by atoms with Gasteiger partial charge in [0.05, 0.1) is 15.7 Å². The van der Waals surface area contributed by atoms with Gasteiger partial charge in [-0.05, 0) is 38.5 Å². The molecule has 1 amide bonds. The summed E-state index contributed by atoms with van der Waals surface area (Å²) in [6.07, 6.45) is 1.84. The van der Waals surface area contributed by atoms with Crippen LogP contribution >= 0.6 is 23.2 Å². The van der Waals surface area contributed by atoms with Crippen LogP contribution in [-0.2, 0) is 10.3 Å². The highest BCUT2D eigenvalue weighted by molar-refractivity contribution is 6.39. The SMILES string of the molecule is Cc1cn(C(C)(C)C(=O)N(C)C)nc1-c1c(Cl)cccc1Cl. The maximum absolute atomic E-state index is 12.4. The fraction of sp³-hybridized carbons (Fsp3) is 0.375. The summed E-state index contributed by atoms with van der Waals surface area (Å²) in [5.41, 5.74) is 1.50. The van der Waals surface area contributed by atoms with Gasteiger partial charge in [-0.2, -0.15) is 5.10 Å². The molecule has 0 bridgehead atoms. The van der Waals surface area contributed by atoms with Crippen molar-refractivity contribution in [1.29, 1.82) is 0 Å². The van der Waals surface area contributed by atoms with Gasteiger partial charge in [0.15, 0.2) is 0 Å². The quantitative estimate of drug-likeness (QED) is 0.847. The molecule has 0 aliphatic carbocycles. The molecule has 0 saturated heterocycles. The summed E-state index contributed by atoms with van der Waals surface area (Å²) in [7, 11) is 3.46. The molecule has 0 aliphatic heterocycles. The summed E-state index contributed by atoms with van der Waals surface area (Å²) < 4.78 is 1.67. The molecular formula is C16H19Cl2N3O. The van der Waals surface area contributed by atoms with Crippen LogP contribution in [0.3, 0.4) is 0 Å². The van der Waals surface area contributed by atoms with E-state index in [2.05, 4.69) is 5.10 Å². The average molecular weight is 340 g/mol. The first-order valence-corrected chi connectivity index (χ1v) is 7.64. The van der Waals surface area contributed by atoms with Crippen LogP contribution in [0.5, 0.6) is 0 Å². The van der Waals surface area contributed by atoms with Gasteiger partial charge in [-0.1, -0.05) is 29.3 Å². The number of aryl methyl sites for hydroxylation is 1. The lowest BCUT2D eigenvalue weighted by Crippen LogP contribution is -2.44. The van der Waals surface area contributed by atoms with Crippen molar-refractivity contribution in [2.45, 2.75) is 26.3 Å². The molecule has 118 valence electrons. The van der Waals surface area contributed by atoms with Crippen molar-refractivity contribution in [2.75, 3.05) is 14.1 Å². The highest BCUT2D eigenvalue weighted by atomic mass is 35.5. The molecule has 4 nitrogen and oxygen atoms in total. The third kappa shape index (κ3) is 2.85. The third-order valence-corrected chi connectivity index (χ3v) is 4.23. The Labute approximate surface area is 140 Å². The van der Waals surface area contributed by atoms with E-state index in [1.165, 1.54) is 0 Å². The molecule has 6 heteroatoms. The monoisotopic (exact) mass is 339 g/mol. The molecule has 0 atom stereocenters. The molecule has 0 saturated carbocycles. The van der Waals surface area contributed by atoms with Crippen LogP contribution in [0.15, 0.2) is 24.4 Å². The normalized spacial score (nSPS) is 11.6. The van der Waals surface area contributed by atoms with Gasteiger partial charge in [0, 0.05) is 25.9 Å². The van der Waals surface area contributed by atoms with E-state index in [-0.39, 0.29) is 5.91 Å². The molecule has 0 spiro atoms. The largest absolute Gasteiger partial charge is 0.347 e. The standard InChI is InChI=1S/C16H19Cl2N3O/c1-10-9-21(16(2,3)15(22)20(4)5)19-14(10)13-11(17)7-6-8-12(13)18/h6-9H,1-5H3. The number of amides is 1. The molecule has 1 heterocycles. The Bertz CT molecular complexity index is 700. The number of carbonyl (C=O) groups excluding carboxylic acids is 1. The molecule has 22 heavy (non-hydrogen) atoms. The van der Waals surface area contributed by atoms with E-state index in [0.717, 1.165) is 5.56 Å². The fourth-order valence-corrected chi connectivity index (χ4v) is 2.94. The molecule has 0 fully saturated rings. The second-order valence-corrected chi connectivity index (χ2v) is 6.77. The van der Waals surface area contributed by atoms with Gasteiger partial charge in [0.1, 0.15) is 5.54 Å².